The SMILES string of the molecule is COc1ccc(CCc2ncc(N)cn2)c(OC)c1. The number of nitrogen functional groups attached to an aromatic ring is 1. The third-order valence-electron chi connectivity index (χ3n) is 2.84. The Morgan fingerprint density at radius 2 is 1.79 bits per heavy atom. The molecule has 0 unspecified atom stereocenters. The molecule has 1 aromatic carbocycles. The molecule has 0 radical (unpaired) electrons. The van der Waals surface area contributed by atoms with Crippen molar-refractivity contribution in [2.45, 2.75) is 12.8 Å². The van der Waals surface area contributed by atoms with Gasteiger partial charge in [0.25, 0.3) is 0 Å². The van der Waals surface area contributed by atoms with Gasteiger partial charge < -0.3 is 15.2 Å². The Bertz CT molecular complexity index is 541. The van der Waals surface area contributed by atoms with E-state index in [1.54, 1.807) is 26.6 Å². The molecule has 5 heteroatoms. The summed E-state index contributed by atoms with van der Waals surface area (Å²) in [5.74, 6) is 2.37. The Labute approximate surface area is 112 Å². The maximum atomic E-state index is 5.55. The van der Waals surface area contributed by atoms with Crippen molar-refractivity contribution in [3.8, 4) is 11.5 Å². The number of rotatable bonds is 5. The highest BCUT2D eigenvalue weighted by molar-refractivity contribution is 5.41. The molecule has 2 aromatic rings. The highest BCUT2D eigenvalue weighted by atomic mass is 16.5. The standard InChI is InChI=1S/C14H17N3O2/c1-18-12-5-3-10(13(7-12)19-2)4-6-14-16-8-11(15)9-17-14/h3,5,7-9H,4,6,15H2,1-2H3. The number of aryl methyl sites for hydroxylation is 2. The van der Waals surface area contributed by atoms with Crippen LogP contribution >= 0.6 is 0 Å². The van der Waals surface area contributed by atoms with Gasteiger partial charge in [-0.25, -0.2) is 9.97 Å². The van der Waals surface area contributed by atoms with Gasteiger partial charge in [-0.2, -0.15) is 0 Å². The van der Waals surface area contributed by atoms with E-state index in [1.165, 1.54) is 0 Å². The van der Waals surface area contributed by atoms with Gasteiger partial charge in [0.2, 0.25) is 0 Å². The summed E-state index contributed by atoms with van der Waals surface area (Å²) in [5, 5.41) is 0. The molecular weight excluding hydrogens is 242 g/mol. The molecular formula is C14H17N3O2. The fourth-order valence-electron chi connectivity index (χ4n) is 1.80. The van der Waals surface area contributed by atoms with E-state index in [0.717, 1.165) is 35.7 Å². The summed E-state index contributed by atoms with van der Waals surface area (Å²) in [4.78, 5) is 8.36. The smallest absolute Gasteiger partial charge is 0.128 e. The minimum Gasteiger partial charge on any atom is -0.497 e. The lowest BCUT2D eigenvalue weighted by atomic mass is 10.1. The largest absolute Gasteiger partial charge is 0.497 e. The molecule has 2 N–H and O–H groups in total. The van der Waals surface area contributed by atoms with Crippen molar-refractivity contribution in [3.63, 3.8) is 0 Å². The Hall–Kier alpha value is -2.30. The van der Waals surface area contributed by atoms with Crippen molar-refractivity contribution >= 4 is 5.69 Å². The first kappa shape index (κ1) is 13.1. The molecule has 5 nitrogen and oxygen atoms in total. The van der Waals surface area contributed by atoms with Crippen molar-refractivity contribution in [2.75, 3.05) is 20.0 Å². The summed E-state index contributed by atoms with van der Waals surface area (Å²) in [6.45, 7) is 0. The van der Waals surface area contributed by atoms with Crippen molar-refractivity contribution < 1.29 is 9.47 Å². The molecule has 19 heavy (non-hydrogen) atoms. The van der Waals surface area contributed by atoms with Crippen LogP contribution in [0, 0.1) is 0 Å². The van der Waals surface area contributed by atoms with Crippen LogP contribution in [-0.4, -0.2) is 24.2 Å². The molecule has 0 spiro atoms. The van der Waals surface area contributed by atoms with Gasteiger partial charge in [0.05, 0.1) is 32.3 Å². The average Bonchev–Trinajstić information content (AvgIpc) is 2.46. The fourth-order valence-corrected chi connectivity index (χ4v) is 1.80. The fraction of sp³-hybridized carbons (Fsp3) is 0.286. The summed E-state index contributed by atoms with van der Waals surface area (Å²) in [6, 6.07) is 5.79. The number of hydrogen-bond donors (Lipinski definition) is 1. The maximum Gasteiger partial charge on any atom is 0.128 e. The zero-order valence-corrected chi connectivity index (χ0v) is 11.1. The molecule has 0 bridgehead atoms. The first-order valence-electron chi connectivity index (χ1n) is 6.00. The van der Waals surface area contributed by atoms with Crippen LogP contribution in [0.1, 0.15) is 11.4 Å². The van der Waals surface area contributed by atoms with Crippen LogP contribution in [0.25, 0.3) is 0 Å². The zero-order chi connectivity index (χ0) is 13.7. The van der Waals surface area contributed by atoms with Gasteiger partial charge in [0.15, 0.2) is 0 Å². The van der Waals surface area contributed by atoms with Crippen LogP contribution in [0.4, 0.5) is 5.69 Å². The monoisotopic (exact) mass is 259 g/mol. The second kappa shape index (κ2) is 6.04. The molecule has 0 atom stereocenters. The number of hydrogen-bond acceptors (Lipinski definition) is 5. The topological polar surface area (TPSA) is 70.3 Å². The number of nitrogens with two attached hydrogens (primary N) is 1. The molecule has 0 saturated heterocycles. The Balaban J connectivity index is 2.08. The Morgan fingerprint density at radius 1 is 1.05 bits per heavy atom. The van der Waals surface area contributed by atoms with Gasteiger partial charge in [0, 0.05) is 12.5 Å². The number of methoxy groups -OCH3 is 2. The minimum absolute atomic E-state index is 0.575. The van der Waals surface area contributed by atoms with E-state index in [1.807, 2.05) is 18.2 Å². The lowest BCUT2D eigenvalue weighted by molar-refractivity contribution is 0.391. The predicted molar refractivity (Wildman–Crippen MR) is 73.4 cm³/mol. The van der Waals surface area contributed by atoms with Gasteiger partial charge >= 0.3 is 0 Å². The molecule has 1 aromatic heterocycles. The summed E-state index contributed by atoms with van der Waals surface area (Å²) in [5.41, 5.74) is 7.23. The van der Waals surface area contributed by atoms with Gasteiger partial charge in [-0.1, -0.05) is 6.07 Å². The van der Waals surface area contributed by atoms with Crippen LogP contribution in [0.5, 0.6) is 11.5 Å². The molecule has 0 aliphatic heterocycles. The molecule has 100 valence electrons. The van der Waals surface area contributed by atoms with E-state index in [0.29, 0.717) is 5.69 Å². The number of anilines is 1. The first-order chi connectivity index (χ1) is 9.22. The molecule has 0 fully saturated rings. The number of aromatic nitrogens is 2. The maximum absolute atomic E-state index is 5.55. The highest BCUT2D eigenvalue weighted by Gasteiger charge is 2.06. The van der Waals surface area contributed by atoms with Gasteiger partial charge in [-0.05, 0) is 18.1 Å². The second-order valence-electron chi connectivity index (χ2n) is 4.11. The summed E-state index contributed by atoms with van der Waals surface area (Å²) < 4.78 is 10.5. The van der Waals surface area contributed by atoms with Gasteiger partial charge in [0.1, 0.15) is 17.3 Å². The molecule has 0 aliphatic rings. The second-order valence-corrected chi connectivity index (χ2v) is 4.11. The quantitative estimate of drug-likeness (QED) is 0.887. The van der Waals surface area contributed by atoms with E-state index in [9.17, 15) is 0 Å². The van der Waals surface area contributed by atoms with Crippen LogP contribution in [-0.2, 0) is 12.8 Å². The number of nitrogens with zero attached hydrogens (tertiary/aromatic N) is 2. The van der Waals surface area contributed by atoms with Crippen LogP contribution < -0.4 is 15.2 Å². The highest BCUT2D eigenvalue weighted by Crippen LogP contribution is 2.25. The molecule has 2 rings (SSSR count). The molecule has 0 amide bonds. The summed E-state index contributed by atoms with van der Waals surface area (Å²) in [7, 11) is 3.29. The lowest BCUT2D eigenvalue weighted by Gasteiger charge is -2.10. The summed E-state index contributed by atoms with van der Waals surface area (Å²) in [6.07, 6.45) is 4.78. The van der Waals surface area contributed by atoms with Crippen LogP contribution in [0.15, 0.2) is 30.6 Å². The average molecular weight is 259 g/mol. The van der Waals surface area contributed by atoms with E-state index >= 15 is 0 Å². The molecule has 0 saturated carbocycles. The van der Waals surface area contributed by atoms with Crippen molar-refractivity contribution in [2.24, 2.45) is 0 Å². The zero-order valence-electron chi connectivity index (χ0n) is 11.1. The van der Waals surface area contributed by atoms with E-state index < -0.39 is 0 Å². The third-order valence-corrected chi connectivity index (χ3v) is 2.84. The summed E-state index contributed by atoms with van der Waals surface area (Å²) >= 11 is 0. The Morgan fingerprint density at radius 3 is 2.42 bits per heavy atom. The van der Waals surface area contributed by atoms with Crippen molar-refractivity contribution in [3.05, 3.63) is 42.0 Å². The molecule has 0 aliphatic carbocycles. The van der Waals surface area contributed by atoms with E-state index in [4.69, 9.17) is 15.2 Å². The van der Waals surface area contributed by atoms with Crippen LogP contribution in [0.2, 0.25) is 0 Å². The third kappa shape index (κ3) is 3.34. The Kier molecular flexibility index (Phi) is 4.18. The van der Waals surface area contributed by atoms with E-state index in [2.05, 4.69) is 9.97 Å². The number of ether oxygens (including phenoxy) is 2. The van der Waals surface area contributed by atoms with Gasteiger partial charge in [-0.3, -0.25) is 0 Å². The predicted octanol–water partition coefficient (Wildman–Crippen LogP) is 1.86. The van der Waals surface area contributed by atoms with Crippen LogP contribution in [0.3, 0.4) is 0 Å². The first-order valence-corrected chi connectivity index (χ1v) is 6.00. The van der Waals surface area contributed by atoms with Crippen molar-refractivity contribution in [1.82, 2.24) is 9.97 Å². The normalized spacial score (nSPS) is 10.2. The van der Waals surface area contributed by atoms with Gasteiger partial charge in [-0.15, -0.1) is 0 Å². The number of benzene rings is 1. The van der Waals surface area contributed by atoms with Crippen molar-refractivity contribution in [1.29, 1.82) is 0 Å². The molecule has 1 heterocycles. The van der Waals surface area contributed by atoms with E-state index in [-0.39, 0.29) is 0 Å². The lowest BCUT2D eigenvalue weighted by Crippen LogP contribution is -2.01. The minimum atomic E-state index is 0.575.